The molecule has 0 aliphatic rings. The molecule has 162 valence electrons. The topological polar surface area (TPSA) is 17.3 Å². The van der Waals surface area contributed by atoms with Crippen molar-refractivity contribution in [1.82, 2.24) is 9.38 Å². The maximum atomic E-state index is 5.23. The summed E-state index contributed by atoms with van der Waals surface area (Å²) in [6.45, 7) is 6.73. The minimum atomic E-state index is 1.04. The van der Waals surface area contributed by atoms with Gasteiger partial charge in [-0.25, -0.2) is 4.98 Å². The Morgan fingerprint density at radius 2 is 1.50 bits per heavy atom. The fourth-order valence-electron chi connectivity index (χ4n) is 5.24. The van der Waals surface area contributed by atoms with E-state index in [1.54, 1.807) is 0 Å². The lowest BCUT2D eigenvalue weighted by Gasteiger charge is -2.12. The van der Waals surface area contributed by atoms with Crippen LogP contribution in [-0.4, -0.2) is 9.38 Å². The van der Waals surface area contributed by atoms with Gasteiger partial charge in [-0.05, 0) is 49.3 Å². The first-order chi connectivity index (χ1) is 15.7. The number of hydrogen-bond donors (Lipinski definition) is 0. The van der Waals surface area contributed by atoms with Gasteiger partial charge < -0.3 is 0 Å². The van der Waals surface area contributed by atoms with Crippen molar-refractivity contribution in [2.75, 3.05) is 0 Å². The number of fused-ring (bicyclic) bond motifs is 6. The molecule has 2 nitrogen and oxygen atoms in total. The lowest BCUT2D eigenvalue weighted by molar-refractivity contribution is 0.632. The van der Waals surface area contributed by atoms with E-state index in [2.05, 4.69) is 92.0 Å². The van der Waals surface area contributed by atoms with Crippen LogP contribution in [0.5, 0.6) is 0 Å². The van der Waals surface area contributed by atoms with Crippen LogP contribution < -0.4 is 0 Å². The fourth-order valence-corrected chi connectivity index (χ4v) is 5.24. The van der Waals surface area contributed by atoms with Crippen molar-refractivity contribution in [3.05, 3.63) is 83.6 Å². The summed E-state index contributed by atoms with van der Waals surface area (Å²) in [4.78, 5) is 5.23. The average molecular weight is 421 g/mol. The minimum absolute atomic E-state index is 1.04. The average Bonchev–Trinajstić information content (AvgIpc) is 3.24. The SMILES string of the molecule is CCCCCCCc1cc(C)cc(C)c1-c1cn2c3ccccc3c3ccccc3c2n1. The Morgan fingerprint density at radius 3 is 2.31 bits per heavy atom. The Balaban J connectivity index is 1.67. The molecule has 5 aromatic rings. The van der Waals surface area contributed by atoms with Gasteiger partial charge in [0.05, 0.1) is 11.2 Å². The molecule has 32 heavy (non-hydrogen) atoms. The highest BCUT2D eigenvalue weighted by Crippen LogP contribution is 2.34. The summed E-state index contributed by atoms with van der Waals surface area (Å²) in [7, 11) is 0. The summed E-state index contributed by atoms with van der Waals surface area (Å²) in [5, 5.41) is 3.75. The van der Waals surface area contributed by atoms with Crippen LogP contribution in [0, 0.1) is 13.8 Å². The van der Waals surface area contributed by atoms with Crippen LogP contribution in [0.4, 0.5) is 0 Å². The fraction of sp³-hybridized carbons (Fsp3) is 0.300. The highest BCUT2D eigenvalue weighted by molar-refractivity contribution is 6.11. The maximum absolute atomic E-state index is 5.23. The summed E-state index contributed by atoms with van der Waals surface area (Å²) in [5.41, 5.74) is 8.78. The number of benzene rings is 3. The van der Waals surface area contributed by atoms with E-state index in [-0.39, 0.29) is 0 Å². The molecule has 5 rings (SSSR count). The Labute approximate surface area is 190 Å². The second-order valence-corrected chi connectivity index (χ2v) is 9.16. The number of hydrogen-bond acceptors (Lipinski definition) is 1. The van der Waals surface area contributed by atoms with Gasteiger partial charge in [0.2, 0.25) is 0 Å². The number of pyridine rings is 1. The molecule has 0 aliphatic heterocycles. The molecule has 0 aliphatic carbocycles. The van der Waals surface area contributed by atoms with E-state index in [1.165, 1.54) is 76.0 Å². The van der Waals surface area contributed by atoms with E-state index >= 15 is 0 Å². The number of rotatable bonds is 7. The molecule has 3 aromatic carbocycles. The van der Waals surface area contributed by atoms with Gasteiger partial charge in [-0.3, -0.25) is 4.40 Å². The largest absolute Gasteiger partial charge is 0.298 e. The van der Waals surface area contributed by atoms with Crippen molar-refractivity contribution < 1.29 is 0 Å². The molecule has 0 unspecified atom stereocenters. The van der Waals surface area contributed by atoms with Crippen molar-refractivity contribution in [3.8, 4) is 11.3 Å². The first kappa shape index (κ1) is 20.8. The van der Waals surface area contributed by atoms with Crippen LogP contribution in [0.25, 0.3) is 38.6 Å². The van der Waals surface area contributed by atoms with Gasteiger partial charge >= 0.3 is 0 Å². The predicted molar refractivity (Wildman–Crippen MR) is 138 cm³/mol. The number of aromatic nitrogens is 2. The molecule has 0 saturated carbocycles. The first-order valence-electron chi connectivity index (χ1n) is 12.1. The van der Waals surface area contributed by atoms with Gasteiger partial charge in [0.25, 0.3) is 0 Å². The van der Waals surface area contributed by atoms with Crippen molar-refractivity contribution in [1.29, 1.82) is 0 Å². The Morgan fingerprint density at radius 1 is 0.781 bits per heavy atom. The molecule has 0 saturated heterocycles. The highest BCUT2D eigenvalue weighted by atomic mass is 15.0. The Kier molecular flexibility index (Phi) is 5.70. The molecule has 0 bridgehead atoms. The standard InChI is InChI=1S/C30H32N2/c1-4-5-6-7-8-13-23-19-21(2)18-22(3)29(23)27-20-32-28-17-12-11-15-25(28)24-14-9-10-16-26(24)30(32)31-27/h9-12,14-20H,4-8,13H2,1-3H3. The van der Waals surface area contributed by atoms with Gasteiger partial charge in [-0.1, -0.05) is 92.8 Å². The molecule has 2 aromatic heterocycles. The van der Waals surface area contributed by atoms with Crippen molar-refractivity contribution in [2.45, 2.75) is 59.3 Å². The number of aryl methyl sites for hydroxylation is 3. The van der Waals surface area contributed by atoms with Crippen LogP contribution in [0.3, 0.4) is 0 Å². The molecule has 0 N–H and O–H groups in total. The van der Waals surface area contributed by atoms with Gasteiger partial charge in [-0.2, -0.15) is 0 Å². The van der Waals surface area contributed by atoms with Gasteiger partial charge in [0.15, 0.2) is 0 Å². The van der Waals surface area contributed by atoms with Crippen LogP contribution in [0.15, 0.2) is 66.9 Å². The van der Waals surface area contributed by atoms with Crippen LogP contribution in [-0.2, 0) is 6.42 Å². The lowest BCUT2D eigenvalue weighted by Crippen LogP contribution is -1.96. The maximum Gasteiger partial charge on any atom is 0.145 e. The van der Waals surface area contributed by atoms with E-state index in [9.17, 15) is 0 Å². The molecule has 0 amide bonds. The number of para-hydroxylation sites is 1. The lowest BCUT2D eigenvalue weighted by atomic mass is 9.93. The minimum Gasteiger partial charge on any atom is -0.298 e. The normalized spacial score (nSPS) is 11.7. The molecular formula is C30H32N2. The molecular weight excluding hydrogens is 388 g/mol. The first-order valence-corrected chi connectivity index (χ1v) is 12.1. The molecule has 2 heteroatoms. The summed E-state index contributed by atoms with van der Waals surface area (Å²) >= 11 is 0. The summed E-state index contributed by atoms with van der Waals surface area (Å²) < 4.78 is 2.29. The van der Waals surface area contributed by atoms with Gasteiger partial charge in [-0.15, -0.1) is 0 Å². The van der Waals surface area contributed by atoms with Gasteiger partial charge in [0, 0.05) is 22.5 Å². The van der Waals surface area contributed by atoms with E-state index in [4.69, 9.17) is 4.98 Å². The molecule has 0 spiro atoms. The van der Waals surface area contributed by atoms with E-state index in [1.807, 2.05) is 0 Å². The zero-order chi connectivity index (χ0) is 22.1. The Bertz CT molecular complexity index is 1330. The third-order valence-electron chi connectivity index (χ3n) is 6.69. The Hall–Kier alpha value is -3.13. The van der Waals surface area contributed by atoms with E-state index in [0.29, 0.717) is 0 Å². The molecule has 0 radical (unpaired) electrons. The van der Waals surface area contributed by atoms with Crippen LogP contribution in [0.2, 0.25) is 0 Å². The monoisotopic (exact) mass is 420 g/mol. The quantitative estimate of drug-likeness (QED) is 0.191. The molecule has 0 atom stereocenters. The zero-order valence-electron chi connectivity index (χ0n) is 19.5. The summed E-state index contributed by atoms with van der Waals surface area (Å²) in [6, 6.07) is 22.0. The van der Waals surface area contributed by atoms with Gasteiger partial charge in [0.1, 0.15) is 5.65 Å². The third kappa shape index (κ3) is 3.68. The number of nitrogens with zero attached hydrogens (tertiary/aromatic N) is 2. The van der Waals surface area contributed by atoms with Crippen molar-refractivity contribution in [2.24, 2.45) is 0 Å². The number of unbranched alkanes of at least 4 members (excludes halogenated alkanes) is 4. The van der Waals surface area contributed by atoms with Crippen LogP contribution in [0.1, 0.15) is 55.7 Å². The predicted octanol–water partition coefficient (Wildman–Crippen LogP) is 8.44. The molecule has 0 fully saturated rings. The molecule has 2 heterocycles. The van der Waals surface area contributed by atoms with Crippen molar-refractivity contribution >= 4 is 27.3 Å². The number of imidazole rings is 1. The van der Waals surface area contributed by atoms with E-state index in [0.717, 1.165) is 17.8 Å². The second-order valence-electron chi connectivity index (χ2n) is 9.16. The summed E-state index contributed by atoms with van der Waals surface area (Å²) in [6.07, 6.45) is 9.89. The smallest absolute Gasteiger partial charge is 0.145 e. The third-order valence-corrected chi connectivity index (χ3v) is 6.69. The second kappa shape index (κ2) is 8.78. The highest BCUT2D eigenvalue weighted by Gasteiger charge is 2.16. The van der Waals surface area contributed by atoms with Crippen molar-refractivity contribution in [3.63, 3.8) is 0 Å². The van der Waals surface area contributed by atoms with E-state index < -0.39 is 0 Å². The summed E-state index contributed by atoms with van der Waals surface area (Å²) in [5.74, 6) is 0. The zero-order valence-corrected chi connectivity index (χ0v) is 19.5. The van der Waals surface area contributed by atoms with Crippen LogP contribution >= 0.6 is 0 Å².